The molecule has 160 valence electrons. The fraction of sp³-hybridized carbons (Fsp3) is 0.400. The van der Waals surface area contributed by atoms with Crippen molar-refractivity contribution in [2.24, 2.45) is 0 Å². The minimum Gasteiger partial charge on any atom is -0.467 e. The van der Waals surface area contributed by atoms with E-state index in [0.717, 1.165) is 22.9 Å². The molecule has 1 heterocycles. The number of hydrogen-bond donors (Lipinski definition) is 1. The van der Waals surface area contributed by atoms with Crippen LogP contribution in [0.5, 0.6) is 0 Å². The van der Waals surface area contributed by atoms with Gasteiger partial charge in [0.15, 0.2) is 5.69 Å². The Morgan fingerprint density at radius 2 is 1.87 bits per heavy atom. The summed E-state index contributed by atoms with van der Waals surface area (Å²) in [7, 11) is 1.21. The van der Waals surface area contributed by atoms with E-state index in [1.165, 1.54) is 26.2 Å². The van der Waals surface area contributed by atoms with Crippen LogP contribution in [0.3, 0.4) is 0 Å². The first-order valence-corrected chi connectivity index (χ1v) is 9.27. The molecule has 0 spiro atoms. The molecule has 2 aromatic rings. The molecular formula is C20H20F3N3O4. The summed E-state index contributed by atoms with van der Waals surface area (Å²) in [5.74, 6) is -1.49. The van der Waals surface area contributed by atoms with Crippen molar-refractivity contribution in [1.82, 2.24) is 15.1 Å². The number of alkyl halides is 3. The number of carbonyl (C=O) groups is 2. The van der Waals surface area contributed by atoms with Crippen molar-refractivity contribution in [2.45, 2.75) is 44.3 Å². The van der Waals surface area contributed by atoms with Crippen LogP contribution in [0.2, 0.25) is 0 Å². The number of esters is 1. The standard InChI is InChI=1S/C20H20F3N3O4/c1-12-10-15(27)16(17(28)24-19(18(29)30-2)8-3-4-9-19)25-26(12)14-7-5-6-13(11-14)20(21,22)23/h5-7,10-11H,3-4,8-9H2,1-2H3,(H,24,28). The number of methoxy groups -OCH3 is 1. The number of carbonyl (C=O) groups excluding carboxylic acids is 2. The molecule has 0 bridgehead atoms. The number of benzene rings is 1. The van der Waals surface area contributed by atoms with Crippen molar-refractivity contribution >= 4 is 11.9 Å². The van der Waals surface area contributed by atoms with Crippen LogP contribution < -0.4 is 10.7 Å². The number of hydrogen-bond acceptors (Lipinski definition) is 5. The molecule has 1 fully saturated rings. The minimum atomic E-state index is -4.56. The quantitative estimate of drug-likeness (QED) is 0.764. The van der Waals surface area contributed by atoms with Gasteiger partial charge in [0.2, 0.25) is 5.43 Å². The van der Waals surface area contributed by atoms with Gasteiger partial charge in [0, 0.05) is 11.8 Å². The van der Waals surface area contributed by atoms with E-state index in [4.69, 9.17) is 4.74 Å². The summed E-state index contributed by atoms with van der Waals surface area (Å²) in [5.41, 5.74) is -3.06. The second-order valence-corrected chi connectivity index (χ2v) is 7.19. The molecule has 1 aromatic carbocycles. The predicted octanol–water partition coefficient (Wildman–Crippen LogP) is 2.78. The number of rotatable bonds is 4. The van der Waals surface area contributed by atoms with Gasteiger partial charge in [-0.25, -0.2) is 9.48 Å². The molecule has 3 rings (SSSR count). The van der Waals surface area contributed by atoms with E-state index in [2.05, 4.69) is 10.4 Å². The van der Waals surface area contributed by atoms with Crippen molar-refractivity contribution in [3.05, 3.63) is 57.5 Å². The molecule has 10 heteroatoms. The summed E-state index contributed by atoms with van der Waals surface area (Å²) >= 11 is 0. The van der Waals surface area contributed by atoms with Crippen LogP contribution in [0.1, 0.15) is 47.4 Å². The summed E-state index contributed by atoms with van der Waals surface area (Å²) in [6.07, 6.45) is -2.44. The fourth-order valence-electron chi connectivity index (χ4n) is 3.61. The number of aryl methyl sites for hydroxylation is 1. The number of ether oxygens (including phenoxy) is 1. The Labute approximate surface area is 169 Å². The van der Waals surface area contributed by atoms with Crippen molar-refractivity contribution in [3.8, 4) is 5.69 Å². The summed E-state index contributed by atoms with van der Waals surface area (Å²) in [6.45, 7) is 1.49. The topological polar surface area (TPSA) is 90.3 Å². The number of nitrogens with zero attached hydrogens (tertiary/aromatic N) is 2. The summed E-state index contributed by atoms with van der Waals surface area (Å²) in [4.78, 5) is 37.4. The first kappa shape index (κ1) is 21.5. The van der Waals surface area contributed by atoms with Gasteiger partial charge in [-0.3, -0.25) is 9.59 Å². The van der Waals surface area contributed by atoms with Crippen LogP contribution in [0.15, 0.2) is 35.1 Å². The Hall–Kier alpha value is -3.17. The Morgan fingerprint density at radius 1 is 1.20 bits per heavy atom. The number of amides is 1. The molecule has 1 amide bonds. The molecule has 1 aliphatic carbocycles. The van der Waals surface area contributed by atoms with Crippen LogP contribution in [0, 0.1) is 6.92 Å². The van der Waals surface area contributed by atoms with Gasteiger partial charge in [-0.05, 0) is 38.0 Å². The molecular weight excluding hydrogens is 403 g/mol. The average Bonchev–Trinajstić information content (AvgIpc) is 3.16. The maximum Gasteiger partial charge on any atom is 0.416 e. The Morgan fingerprint density at radius 3 is 2.47 bits per heavy atom. The zero-order chi connectivity index (χ0) is 22.1. The van der Waals surface area contributed by atoms with Gasteiger partial charge >= 0.3 is 12.1 Å². The fourth-order valence-corrected chi connectivity index (χ4v) is 3.61. The van der Waals surface area contributed by atoms with Gasteiger partial charge in [-0.1, -0.05) is 18.9 Å². The van der Waals surface area contributed by atoms with E-state index in [0.29, 0.717) is 25.7 Å². The second kappa shape index (κ2) is 7.92. The smallest absolute Gasteiger partial charge is 0.416 e. The lowest BCUT2D eigenvalue weighted by molar-refractivity contribution is -0.148. The highest BCUT2D eigenvalue weighted by Gasteiger charge is 2.44. The van der Waals surface area contributed by atoms with E-state index in [1.807, 2.05) is 0 Å². The van der Waals surface area contributed by atoms with Crippen molar-refractivity contribution < 1.29 is 27.5 Å². The minimum absolute atomic E-state index is 0.0416. The number of aromatic nitrogens is 2. The van der Waals surface area contributed by atoms with E-state index in [1.54, 1.807) is 0 Å². The molecule has 0 aliphatic heterocycles. The van der Waals surface area contributed by atoms with Crippen molar-refractivity contribution in [1.29, 1.82) is 0 Å². The first-order chi connectivity index (χ1) is 14.1. The average molecular weight is 423 g/mol. The van der Waals surface area contributed by atoms with Gasteiger partial charge in [-0.15, -0.1) is 0 Å². The third kappa shape index (κ3) is 4.07. The van der Waals surface area contributed by atoms with Gasteiger partial charge in [-0.2, -0.15) is 18.3 Å². The number of nitrogens with one attached hydrogen (secondary N) is 1. The highest BCUT2D eigenvalue weighted by molar-refractivity contribution is 5.96. The molecule has 30 heavy (non-hydrogen) atoms. The van der Waals surface area contributed by atoms with Gasteiger partial charge in [0.25, 0.3) is 5.91 Å². The van der Waals surface area contributed by atoms with Gasteiger partial charge < -0.3 is 10.1 Å². The molecule has 0 radical (unpaired) electrons. The predicted molar refractivity (Wildman–Crippen MR) is 100 cm³/mol. The molecule has 1 N–H and O–H groups in total. The van der Waals surface area contributed by atoms with Crippen LogP contribution in [-0.4, -0.2) is 34.3 Å². The lowest BCUT2D eigenvalue weighted by Gasteiger charge is -2.26. The highest BCUT2D eigenvalue weighted by atomic mass is 19.4. The SMILES string of the molecule is COC(=O)C1(NC(=O)c2nn(-c3cccc(C(F)(F)F)c3)c(C)cc2=O)CCCC1. The van der Waals surface area contributed by atoms with Crippen LogP contribution in [0.25, 0.3) is 5.69 Å². The molecule has 0 saturated heterocycles. The van der Waals surface area contributed by atoms with Crippen LogP contribution >= 0.6 is 0 Å². The van der Waals surface area contributed by atoms with E-state index in [9.17, 15) is 27.6 Å². The normalized spacial score (nSPS) is 15.6. The Kier molecular flexibility index (Phi) is 5.69. The lowest BCUT2D eigenvalue weighted by atomic mass is 9.97. The zero-order valence-electron chi connectivity index (χ0n) is 16.4. The maximum absolute atomic E-state index is 13.0. The Bertz CT molecular complexity index is 1040. The van der Waals surface area contributed by atoms with Gasteiger partial charge in [0.1, 0.15) is 5.54 Å². The number of halogens is 3. The summed E-state index contributed by atoms with van der Waals surface area (Å²) < 4.78 is 45.0. The zero-order valence-corrected chi connectivity index (χ0v) is 16.4. The molecule has 1 aliphatic rings. The van der Waals surface area contributed by atoms with E-state index < -0.39 is 40.3 Å². The van der Waals surface area contributed by atoms with Crippen molar-refractivity contribution in [3.63, 3.8) is 0 Å². The van der Waals surface area contributed by atoms with E-state index >= 15 is 0 Å². The highest BCUT2D eigenvalue weighted by Crippen LogP contribution is 2.31. The van der Waals surface area contributed by atoms with Crippen LogP contribution in [-0.2, 0) is 15.7 Å². The maximum atomic E-state index is 13.0. The third-order valence-electron chi connectivity index (χ3n) is 5.13. The lowest BCUT2D eigenvalue weighted by Crippen LogP contribution is -2.54. The van der Waals surface area contributed by atoms with Crippen LogP contribution in [0.4, 0.5) is 13.2 Å². The van der Waals surface area contributed by atoms with E-state index in [-0.39, 0.29) is 11.4 Å². The molecule has 1 saturated carbocycles. The first-order valence-electron chi connectivity index (χ1n) is 9.27. The van der Waals surface area contributed by atoms with Crippen molar-refractivity contribution in [2.75, 3.05) is 7.11 Å². The molecule has 0 atom stereocenters. The monoisotopic (exact) mass is 423 g/mol. The molecule has 0 unspecified atom stereocenters. The molecule has 7 nitrogen and oxygen atoms in total. The second-order valence-electron chi connectivity index (χ2n) is 7.19. The summed E-state index contributed by atoms with van der Waals surface area (Å²) in [6, 6.07) is 5.49. The summed E-state index contributed by atoms with van der Waals surface area (Å²) in [5, 5.41) is 6.56. The third-order valence-corrected chi connectivity index (χ3v) is 5.13. The molecule has 1 aromatic heterocycles. The Balaban J connectivity index is 2.01. The largest absolute Gasteiger partial charge is 0.467 e. The van der Waals surface area contributed by atoms with Gasteiger partial charge in [0.05, 0.1) is 18.4 Å².